The van der Waals surface area contributed by atoms with Crippen molar-refractivity contribution in [1.82, 2.24) is 4.90 Å². The lowest BCUT2D eigenvalue weighted by Gasteiger charge is -2.22. The van der Waals surface area contributed by atoms with Crippen molar-refractivity contribution in [2.45, 2.75) is 20.8 Å². The zero-order chi connectivity index (χ0) is 13.5. The quantitative estimate of drug-likeness (QED) is 0.848. The molecule has 0 saturated carbocycles. The molecule has 1 amide bonds. The Bertz CT molecular complexity index is 454. The fourth-order valence-electron chi connectivity index (χ4n) is 1.60. The average molecular weight is 265 g/mol. The van der Waals surface area contributed by atoms with Crippen molar-refractivity contribution in [2.24, 2.45) is 5.92 Å². The van der Waals surface area contributed by atoms with Gasteiger partial charge in [-0.05, 0) is 25.0 Å². The first-order valence-electron chi connectivity index (χ1n) is 6.07. The summed E-state index contributed by atoms with van der Waals surface area (Å²) in [5, 5.41) is 8.62. The maximum Gasteiger partial charge on any atom is 0.263 e. The molecular weight excluding hydrogens is 246 g/mol. The second kappa shape index (κ2) is 7.20. The fourth-order valence-corrected chi connectivity index (χ4v) is 2.45. The van der Waals surface area contributed by atoms with Crippen molar-refractivity contribution >= 4 is 17.2 Å². The Balaban J connectivity index is 2.79. The lowest BCUT2D eigenvalue weighted by Crippen LogP contribution is -2.33. The van der Waals surface area contributed by atoms with E-state index in [9.17, 15) is 4.79 Å². The van der Waals surface area contributed by atoms with Crippen LogP contribution in [0.5, 0.6) is 0 Å². The van der Waals surface area contributed by atoms with E-state index in [1.54, 1.807) is 6.07 Å². The number of carbonyl (C=O) groups is 1. The van der Waals surface area contributed by atoms with Crippen molar-refractivity contribution in [2.75, 3.05) is 19.7 Å². The van der Waals surface area contributed by atoms with Gasteiger partial charge in [0.25, 0.3) is 5.91 Å². The molecule has 0 unspecified atom stereocenters. The predicted octanol–water partition coefficient (Wildman–Crippen LogP) is 2.21. The maximum atomic E-state index is 12.2. The Kier molecular flexibility index (Phi) is 5.90. The third kappa shape index (κ3) is 4.17. The molecule has 1 heterocycles. The number of aliphatic hydroxyl groups is 1. The van der Waals surface area contributed by atoms with Crippen LogP contribution in [0.3, 0.4) is 0 Å². The molecule has 18 heavy (non-hydrogen) atoms. The van der Waals surface area contributed by atoms with Crippen LogP contribution in [0.2, 0.25) is 0 Å². The van der Waals surface area contributed by atoms with Gasteiger partial charge < -0.3 is 10.0 Å². The Morgan fingerprint density at radius 3 is 2.78 bits per heavy atom. The minimum Gasteiger partial charge on any atom is -0.384 e. The molecule has 0 aliphatic heterocycles. The third-order valence-corrected chi connectivity index (χ3v) is 3.35. The number of nitrogens with zero attached hydrogens (tertiary/aromatic N) is 1. The highest BCUT2D eigenvalue weighted by molar-refractivity contribution is 7.14. The van der Waals surface area contributed by atoms with E-state index in [1.807, 2.05) is 17.9 Å². The van der Waals surface area contributed by atoms with Crippen LogP contribution in [-0.2, 0) is 0 Å². The van der Waals surface area contributed by atoms with Crippen molar-refractivity contribution in [1.29, 1.82) is 0 Å². The van der Waals surface area contributed by atoms with E-state index in [-0.39, 0.29) is 12.5 Å². The van der Waals surface area contributed by atoms with Crippen molar-refractivity contribution in [3.05, 3.63) is 21.9 Å². The highest BCUT2D eigenvalue weighted by atomic mass is 32.1. The fraction of sp³-hybridized carbons (Fsp3) is 0.500. The molecule has 1 aromatic heterocycles. The van der Waals surface area contributed by atoms with Crippen LogP contribution < -0.4 is 0 Å². The minimum atomic E-state index is -0.157. The van der Waals surface area contributed by atoms with E-state index >= 15 is 0 Å². The van der Waals surface area contributed by atoms with Crippen LogP contribution >= 0.6 is 11.3 Å². The maximum absolute atomic E-state index is 12.2. The molecule has 0 radical (unpaired) electrons. The molecule has 0 spiro atoms. The predicted molar refractivity (Wildman–Crippen MR) is 74.7 cm³/mol. The van der Waals surface area contributed by atoms with Crippen molar-refractivity contribution in [3.8, 4) is 11.8 Å². The van der Waals surface area contributed by atoms with Gasteiger partial charge in [-0.3, -0.25) is 4.79 Å². The number of hydrogen-bond donors (Lipinski definition) is 1. The van der Waals surface area contributed by atoms with E-state index < -0.39 is 0 Å². The third-order valence-electron chi connectivity index (χ3n) is 2.36. The SMILES string of the molecule is CCN(CC(C)C)C(=O)c1ccc(C#CCO)s1. The molecule has 1 N–H and O–H groups in total. The van der Waals surface area contributed by atoms with Crippen LogP contribution in [0, 0.1) is 17.8 Å². The van der Waals surface area contributed by atoms with Crippen molar-refractivity contribution in [3.63, 3.8) is 0 Å². The molecule has 0 bridgehead atoms. The number of hydrogen-bond acceptors (Lipinski definition) is 3. The van der Waals surface area contributed by atoms with Gasteiger partial charge in [-0.15, -0.1) is 11.3 Å². The lowest BCUT2D eigenvalue weighted by molar-refractivity contribution is 0.0750. The average Bonchev–Trinajstić information content (AvgIpc) is 2.81. The van der Waals surface area contributed by atoms with Crippen LogP contribution in [0.15, 0.2) is 12.1 Å². The summed E-state index contributed by atoms with van der Waals surface area (Å²) in [6.45, 7) is 7.51. The molecule has 0 aromatic carbocycles. The highest BCUT2D eigenvalue weighted by Crippen LogP contribution is 2.18. The van der Waals surface area contributed by atoms with Gasteiger partial charge in [0.2, 0.25) is 0 Å². The van der Waals surface area contributed by atoms with Crippen LogP contribution in [-0.4, -0.2) is 35.6 Å². The number of aliphatic hydroxyl groups excluding tert-OH is 1. The molecule has 4 heteroatoms. The van der Waals surface area contributed by atoms with Crippen LogP contribution in [0.25, 0.3) is 0 Å². The Labute approximate surface area is 112 Å². The topological polar surface area (TPSA) is 40.5 Å². The molecule has 3 nitrogen and oxygen atoms in total. The van der Waals surface area contributed by atoms with E-state index in [0.717, 1.165) is 11.4 Å². The van der Waals surface area contributed by atoms with Gasteiger partial charge >= 0.3 is 0 Å². The Morgan fingerprint density at radius 1 is 1.50 bits per heavy atom. The molecule has 1 aromatic rings. The van der Waals surface area contributed by atoms with Crippen LogP contribution in [0.1, 0.15) is 35.3 Å². The van der Waals surface area contributed by atoms with Gasteiger partial charge in [-0.2, -0.15) is 0 Å². The minimum absolute atomic E-state index is 0.0632. The Hall–Kier alpha value is -1.31. The summed E-state index contributed by atoms with van der Waals surface area (Å²) in [6, 6.07) is 3.63. The molecular formula is C14H19NO2S. The summed E-state index contributed by atoms with van der Waals surface area (Å²) >= 11 is 1.38. The monoisotopic (exact) mass is 265 g/mol. The second-order valence-corrected chi connectivity index (χ2v) is 5.45. The summed E-state index contributed by atoms with van der Waals surface area (Å²) in [4.78, 5) is 15.6. The summed E-state index contributed by atoms with van der Waals surface area (Å²) in [5.74, 6) is 5.92. The summed E-state index contributed by atoms with van der Waals surface area (Å²) < 4.78 is 0. The molecule has 0 saturated heterocycles. The van der Waals surface area contributed by atoms with Gasteiger partial charge in [0.1, 0.15) is 6.61 Å². The first-order valence-corrected chi connectivity index (χ1v) is 6.89. The standard InChI is InChI=1S/C14H19NO2S/c1-4-15(10-11(2)3)14(17)13-8-7-12(18-13)6-5-9-16/h7-8,11,16H,4,9-10H2,1-3H3. The summed E-state index contributed by atoms with van der Waals surface area (Å²) in [7, 11) is 0. The Morgan fingerprint density at radius 2 is 2.22 bits per heavy atom. The summed E-state index contributed by atoms with van der Waals surface area (Å²) in [6.07, 6.45) is 0. The van der Waals surface area contributed by atoms with Gasteiger partial charge in [-0.1, -0.05) is 25.7 Å². The van der Waals surface area contributed by atoms with E-state index in [1.165, 1.54) is 11.3 Å². The molecule has 0 aliphatic rings. The number of rotatable bonds is 4. The molecule has 0 aliphatic carbocycles. The van der Waals surface area contributed by atoms with Gasteiger partial charge in [-0.25, -0.2) is 0 Å². The molecule has 0 fully saturated rings. The largest absolute Gasteiger partial charge is 0.384 e. The van der Waals surface area contributed by atoms with Gasteiger partial charge in [0.15, 0.2) is 0 Å². The van der Waals surface area contributed by atoms with E-state index in [2.05, 4.69) is 25.7 Å². The smallest absolute Gasteiger partial charge is 0.263 e. The second-order valence-electron chi connectivity index (χ2n) is 4.36. The molecule has 0 atom stereocenters. The van der Waals surface area contributed by atoms with Gasteiger partial charge in [0.05, 0.1) is 9.75 Å². The number of amides is 1. The summed E-state index contributed by atoms with van der Waals surface area (Å²) in [5.41, 5.74) is 0. The van der Waals surface area contributed by atoms with Gasteiger partial charge in [0, 0.05) is 13.1 Å². The van der Waals surface area contributed by atoms with Crippen LogP contribution in [0.4, 0.5) is 0 Å². The zero-order valence-corrected chi connectivity index (χ0v) is 11.9. The first-order chi connectivity index (χ1) is 8.58. The number of thiophene rings is 1. The first kappa shape index (κ1) is 14.7. The normalized spacial score (nSPS) is 10.1. The highest BCUT2D eigenvalue weighted by Gasteiger charge is 2.16. The zero-order valence-electron chi connectivity index (χ0n) is 11.1. The van der Waals surface area contributed by atoms with E-state index in [4.69, 9.17) is 5.11 Å². The lowest BCUT2D eigenvalue weighted by atomic mass is 10.2. The molecule has 98 valence electrons. The van der Waals surface area contributed by atoms with Crippen molar-refractivity contribution < 1.29 is 9.90 Å². The van der Waals surface area contributed by atoms with E-state index in [0.29, 0.717) is 17.3 Å². The molecule has 1 rings (SSSR count). The number of carbonyl (C=O) groups excluding carboxylic acids is 1.